The second-order valence-corrected chi connectivity index (χ2v) is 7.73. The van der Waals surface area contributed by atoms with E-state index in [9.17, 15) is 23.1 Å². The fourth-order valence-corrected chi connectivity index (χ4v) is 4.21. The Labute approximate surface area is 141 Å². The van der Waals surface area contributed by atoms with E-state index in [-0.39, 0.29) is 28.8 Å². The number of nitrogens with zero attached hydrogens (tertiary/aromatic N) is 1. The quantitative estimate of drug-likeness (QED) is 0.802. The summed E-state index contributed by atoms with van der Waals surface area (Å²) in [5.74, 6) is -1.37. The average molecular weight is 354 g/mol. The summed E-state index contributed by atoms with van der Waals surface area (Å²) in [6, 6.07) is 5.93. The molecular weight excluding hydrogens is 332 g/mol. The van der Waals surface area contributed by atoms with Crippen LogP contribution in [0.4, 0.5) is 0 Å². The van der Waals surface area contributed by atoms with E-state index < -0.39 is 16.0 Å². The van der Waals surface area contributed by atoms with Gasteiger partial charge in [0.25, 0.3) is 5.91 Å². The molecule has 8 heteroatoms. The van der Waals surface area contributed by atoms with Gasteiger partial charge in [0.15, 0.2) is 0 Å². The Balaban J connectivity index is 2.00. The third-order valence-electron chi connectivity index (χ3n) is 3.99. The van der Waals surface area contributed by atoms with Crippen LogP contribution in [0, 0.1) is 0 Å². The van der Waals surface area contributed by atoms with Crippen molar-refractivity contribution in [1.82, 2.24) is 9.62 Å². The predicted molar refractivity (Wildman–Crippen MR) is 89.5 cm³/mol. The number of likely N-dealkylation sites (tertiary alicyclic amines) is 1. The lowest BCUT2D eigenvalue weighted by atomic mass is 10.0. The molecule has 0 aliphatic carbocycles. The average Bonchev–Trinajstić information content (AvgIpc) is 2.54. The Morgan fingerprint density at radius 2 is 1.79 bits per heavy atom. The van der Waals surface area contributed by atoms with Crippen LogP contribution in [0.15, 0.2) is 24.3 Å². The number of benzene rings is 1. The third kappa shape index (κ3) is 4.55. The highest BCUT2D eigenvalue weighted by atomic mass is 32.2. The standard InChI is InChI=1S/C16H22N2O5S/c1-2-11-24(22,23)17-12-7-9-18(10-8-12)15(19)13-5-3-4-6-14(13)16(20)21/h3-6,12,17H,2,7-11H2,1H3,(H,20,21). The van der Waals surface area contributed by atoms with Crippen molar-refractivity contribution in [2.24, 2.45) is 0 Å². The summed E-state index contributed by atoms with van der Waals surface area (Å²) in [6.45, 7) is 2.60. The molecule has 1 aromatic carbocycles. The van der Waals surface area contributed by atoms with E-state index in [0.717, 1.165) is 0 Å². The number of hydrogen-bond acceptors (Lipinski definition) is 4. The molecule has 1 amide bonds. The number of piperidine rings is 1. The molecule has 0 spiro atoms. The van der Waals surface area contributed by atoms with Gasteiger partial charge in [-0.05, 0) is 31.4 Å². The summed E-state index contributed by atoms with van der Waals surface area (Å²) in [4.78, 5) is 25.4. The summed E-state index contributed by atoms with van der Waals surface area (Å²) in [6.07, 6.45) is 1.59. The van der Waals surface area contributed by atoms with Gasteiger partial charge in [-0.1, -0.05) is 19.1 Å². The van der Waals surface area contributed by atoms with Crippen molar-refractivity contribution in [3.05, 3.63) is 35.4 Å². The number of nitrogens with one attached hydrogen (secondary N) is 1. The summed E-state index contributed by atoms with van der Waals surface area (Å²) >= 11 is 0. The van der Waals surface area contributed by atoms with Gasteiger partial charge in [-0.25, -0.2) is 17.9 Å². The Morgan fingerprint density at radius 1 is 1.21 bits per heavy atom. The third-order valence-corrected chi connectivity index (χ3v) is 5.63. The highest BCUT2D eigenvalue weighted by Gasteiger charge is 2.27. The number of sulfonamides is 1. The van der Waals surface area contributed by atoms with Gasteiger partial charge in [0, 0.05) is 19.1 Å². The zero-order valence-corrected chi connectivity index (χ0v) is 14.4. The lowest BCUT2D eigenvalue weighted by molar-refractivity contribution is 0.0661. The fourth-order valence-electron chi connectivity index (χ4n) is 2.81. The molecule has 24 heavy (non-hydrogen) atoms. The van der Waals surface area contributed by atoms with Crippen LogP contribution < -0.4 is 4.72 Å². The molecule has 2 rings (SSSR count). The van der Waals surface area contributed by atoms with Crippen LogP contribution >= 0.6 is 0 Å². The molecular formula is C16H22N2O5S. The second-order valence-electron chi connectivity index (χ2n) is 5.85. The van der Waals surface area contributed by atoms with Crippen LogP contribution in [0.3, 0.4) is 0 Å². The van der Waals surface area contributed by atoms with Crippen LogP contribution in [0.5, 0.6) is 0 Å². The van der Waals surface area contributed by atoms with Crippen LogP contribution in [-0.2, 0) is 10.0 Å². The van der Waals surface area contributed by atoms with Crippen molar-refractivity contribution in [2.75, 3.05) is 18.8 Å². The Morgan fingerprint density at radius 3 is 2.33 bits per heavy atom. The van der Waals surface area contributed by atoms with Gasteiger partial charge in [-0.3, -0.25) is 4.79 Å². The molecule has 1 aromatic rings. The van der Waals surface area contributed by atoms with E-state index in [0.29, 0.717) is 32.4 Å². The van der Waals surface area contributed by atoms with E-state index in [1.54, 1.807) is 24.0 Å². The van der Waals surface area contributed by atoms with Crippen molar-refractivity contribution < 1.29 is 23.1 Å². The highest BCUT2D eigenvalue weighted by Crippen LogP contribution is 2.17. The molecule has 1 fully saturated rings. The van der Waals surface area contributed by atoms with Crippen LogP contribution in [0.1, 0.15) is 46.9 Å². The van der Waals surface area contributed by atoms with Gasteiger partial charge in [0.2, 0.25) is 10.0 Å². The topological polar surface area (TPSA) is 104 Å². The second kappa shape index (κ2) is 7.76. The molecule has 0 unspecified atom stereocenters. The normalized spacial score (nSPS) is 16.1. The van der Waals surface area contributed by atoms with Gasteiger partial charge in [-0.15, -0.1) is 0 Å². The minimum Gasteiger partial charge on any atom is -0.478 e. The minimum atomic E-state index is -3.27. The van der Waals surface area contributed by atoms with Crippen LogP contribution in [0.25, 0.3) is 0 Å². The summed E-state index contributed by atoms with van der Waals surface area (Å²) in [5.41, 5.74) is 0.142. The molecule has 1 heterocycles. The van der Waals surface area contributed by atoms with Gasteiger partial charge >= 0.3 is 5.97 Å². The Hall–Kier alpha value is -1.93. The number of aromatic carboxylic acids is 1. The molecule has 1 saturated heterocycles. The van der Waals surface area contributed by atoms with Crippen molar-refractivity contribution in [1.29, 1.82) is 0 Å². The van der Waals surface area contributed by atoms with Gasteiger partial charge in [0.05, 0.1) is 16.9 Å². The number of carboxylic acid groups (broad SMARTS) is 1. The van der Waals surface area contributed by atoms with E-state index in [1.807, 2.05) is 0 Å². The van der Waals surface area contributed by atoms with Crippen molar-refractivity contribution in [3.63, 3.8) is 0 Å². The molecule has 0 aromatic heterocycles. The molecule has 1 aliphatic heterocycles. The predicted octanol–water partition coefficient (Wildman–Crippen LogP) is 1.32. The lowest BCUT2D eigenvalue weighted by Crippen LogP contribution is -2.47. The molecule has 1 aliphatic rings. The van der Waals surface area contributed by atoms with Crippen LogP contribution in [-0.4, -0.2) is 55.2 Å². The van der Waals surface area contributed by atoms with E-state index in [4.69, 9.17) is 0 Å². The lowest BCUT2D eigenvalue weighted by Gasteiger charge is -2.32. The summed E-state index contributed by atoms with van der Waals surface area (Å²) in [7, 11) is -3.27. The maximum absolute atomic E-state index is 12.5. The molecule has 7 nitrogen and oxygen atoms in total. The van der Waals surface area contributed by atoms with Crippen molar-refractivity contribution >= 4 is 21.9 Å². The first-order chi connectivity index (χ1) is 11.3. The summed E-state index contributed by atoms with van der Waals surface area (Å²) < 4.78 is 26.3. The van der Waals surface area contributed by atoms with Crippen LogP contribution in [0.2, 0.25) is 0 Å². The molecule has 2 N–H and O–H groups in total. The molecule has 0 saturated carbocycles. The maximum Gasteiger partial charge on any atom is 0.336 e. The number of amides is 1. The number of carbonyl (C=O) groups excluding carboxylic acids is 1. The first kappa shape index (κ1) is 18.4. The number of hydrogen-bond donors (Lipinski definition) is 2. The smallest absolute Gasteiger partial charge is 0.336 e. The monoisotopic (exact) mass is 354 g/mol. The summed E-state index contributed by atoms with van der Waals surface area (Å²) in [5, 5.41) is 9.19. The molecule has 0 bridgehead atoms. The largest absolute Gasteiger partial charge is 0.478 e. The van der Waals surface area contributed by atoms with Crippen molar-refractivity contribution in [2.45, 2.75) is 32.2 Å². The Kier molecular flexibility index (Phi) is 5.95. The maximum atomic E-state index is 12.5. The van der Waals surface area contributed by atoms with E-state index >= 15 is 0 Å². The zero-order valence-electron chi connectivity index (χ0n) is 13.6. The van der Waals surface area contributed by atoms with E-state index in [1.165, 1.54) is 12.1 Å². The number of rotatable bonds is 6. The molecule has 0 atom stereocenters. The molecule has 132 valence electrons. The molecule has 0 radical (unpaired) electrons. The van der Waals surface area contributed by atoms with Gasteiger partial charge in [0.1, 0.15) is 0 Å². The fraction of sp³-hybridized carbons (Fsp3) is 0.500. The number of carboxylic acids is 1. The van der Waals surface area contributed by atoms with E-state index in [2.05, 4.69) is 4.72 Å². The Bertz CT molecular complexity index is 709. The van der Waals surface area contributed by atoms with Gasteiger partial charge < -0.3 is 10.0 Å². The highest BCUT2D eigenvalue weighted by molar-refractivity contribution is 7.89. The SMILES string of the molecule is CCCS(=O)(=O)NC1CCN(C(=O)c2ccccc2C(=O)O)CC1. The minimum absolute atomic E-state index is 0.0201. The first-order valence-electron chi connectivity index (χ1n) is 7.95. The van der Waals surface area contributed by atoms with Gasteiger partial charge in [-0.2, -0.15) is 0 Å². The zero-order chi connectivity index (χ0) is 17.7. The van der Waals surface area contributed by atoms with Crippen molar-refractivity contribution in [3.8, 4) is 0 Å². The number of carbonyl (C=O) groups is 2. The first-order valence-corrected chi connectivity index (χ1v) is 9.61.